The number of amides is 2. The summed E-state index contributed by atoms with van der Waals surface area (Å²) in [5.74, 6) is -3.45. The van der Waals surface area contributed by atoms with E-state index in [1.807, 2.05) is 0 Å². The molecule has 4 heterocycles. The van der Waals surface area contributed by atoms with Crippen molar-refractivity contribution in [3.8, 4) is 0 Å². The average Bonchev–Trinajstić information content (AvgIpc) is 3.38. The van der Waals surface area contributed by atoms with Crippen LogP contribution in [0.2, 0.25) is 0 Å². The van der Waals surface area contributed by atoms with Crippen LogP contribution in [0.4, 0.5) is 0 Å². The fraction of sp³-hybridized carbons (Fsp3) is 0.792. The van der Waals surface area contributed by atoms with Crippen molar-refractivity contribution < 1.29 is 34.1 Å². The molecule has 10 nitrogen and oxygen atoms in total. The molecule has 4 rings (SSSR count). The van der Waals surface area contributed by atoms with E-state index in [-0.39, 0.29) is 25.0 Å². The van der Waals surface area contributed by atoms with E-state index in [9.17, 15) is 24.6 Å². The maximum absolute atomic E-state index is 14.1. The summed E-state index contributed by atoms with van der Waals surface area (Å²) in [5.41, 5.74) is -2.09. The topological polar surface area (TPSA) is 120 Å². The highest BCUT2D eigenvalue weighted by Crippen LogP contribution is 2.63. The highest BCUT2D eigenvalue weighted by atomic mass is 16.5. The van der Waals surface area contributed by atoms with Crippen molar-refractivity contribution in [2.24, 2.45) is 11.8 Å². The Bertz CT molecular complexity index is 816. The highest BCUT2D eigenvalue weighted by molar-refractivity contribution is 5.98. The van der Waals surface area contributed by atoms with Crippen LogP contribution < -0.4 is 0 Å². The molecule has 4 saturated heterocycles. The first-order valence-corrected chi connectivity index (χ1v) is 12.3. The number of nitrogens with zero attached hydrogens (tertiary/aromatic N) is 3. The second-order valence-electron chi connectivity index (χ2n) is 10.1. The van der Waals surface area contributed by atoms with Gasteiger partial charge in [0.05, 0.1) is 30.7 Å². The van der Waals surface area contributed by atoms with E-state index < -0.39 is 35.0 Å². The molecule has 4 aliphatic rings. The molecule has 10 heteroatoms. The summed E-state index contributed by atoms with van der Waals surface area (Å²) in [6, 6.07) is -0.875. The van der Waals surface area contributed by atoms with Gasteiger partial charge in [0.1, 0.15) is 11.6 Å². The van der Waals surface area contributed by atoms with E-state index in [0.717, 1.165) is 13.1 Å². The van der Waals surface area contributed by atoms with E-state index in [0.29, 0.717) is 58.5 Å². The van der Waals surface area contributed by atoms with Crippen LogP contribution in [-0.2, 0) is 23.9 Å². The molecule has 2 unspecified atom stereocenters. The van der Waals surface area contributed by atoms with E-state index in [2.05, 4.69) is 11.5 Å². The lowest BCUT2D eigenvalue weighted by Crippen LogP contribution is -2.57. The van der Waals surface area contributed by atoms with Crippen molar-refractivity contribution >= 4 is 17.8 Å². The zero-order chi connectivity index (χ0) is 24.5. The lowest BCUT2D eigenvalue weighted by atomic mass is 9.66. The first-order chi connectivity index (χ1) is 16.3. The standard InChI is InChI=1S/C24H37N3O7/c1-3-8-26(11-10-25-12-15-33-16-13-25)21(30)19-24-7-6-23(2,34-24)18(22(31)32)17(24)20(29)27(19)9-4-5-14-28/h3,17-19,28H,1,4-16H2,2H3,(H,31,32)/t17-,18+,19?,23-,24?/m0/s1. The molecule has 0 saturated carbocycles. The van der Waals surface area contributed by atoms with E-state index in [1.54, 1.807) is 17.9 Å². The van der Waals surface area contributed by atoms with Gasteiger partial charge in [0.25, 0.3) is 0 Å². The molecule has 1 spiro atoms. The van der Waals surface area contributed by atoms with E-state index >= 15 is 0 Å². The van der Waals surface area contributed by atoms with Crippen LogP contribution in [0.3, 0.4) is 0 Å². The number of fused-ring (bicyclic) bond motifs is 1. The summed E-state index contributed by atoms with van der Waals surface area (Å²) in [7, 11) is 0. The van der Waals surface area contributed by atoms with Gasteiger partial charge in [-0.25, -0.2) is 0 Å². The maximum atomic E-state index is 14.1. The Morgan fingerprint density at radius 1 is 1.24 bits per heavy atom. The summed E-state index contributed by atoms with van der Waals surface area (Å²) in [4.78, 5) is 45.4. The fourth-order valence-corrected chi connectivity index (χ4v) is 6.42. The lowest BCUT2D eigenvalue weighted by Gasteiger charge is -2.37. The zero-order valence-electron chi connectivity index (χ0n) is 20.0. The number of carboxylic acids is 1. The van der Waals surface area contributed by atoms with Gasteiger partial charge in [-0.1, -0.05) is 6.08 Å². The first kappa shape index (κ1) is 25.1. The molecule has 4 fully saturated rings. The minimum Gasteiger partial charge on any atom is -0.481 e. The number of morpholine rings is 1. The average molecular weight is 480 g/mol. The molecular weight excluding hydrogens is 442 g/mol. The monoisotopic (exact) mass is 479 g/mol. The Labute approximate surface area is 200 Å². The Morgan fingerprint density at radius 2 is 1.97 bits per heavy atom. The summed E-state index contributed by atoms with van der Waals surface area (Å²) in [5, 5.41) is 19.2. The smallest absolute Gasteiger partial charge is 0.310 e. The van der Waals surface area contributed by atoms with Gasteiger partial charge < -0.3 is 29.5 Å². The number of carbonyl (C=O) groups is 3. The van der Waals surface area contributed by atoms with Crippen LogP contribution in [0.5, 0.6) is 0 Å². The molecule has 0 aromatic rings. The number of hydrogen-bond donors (Lipinski definition) is 2. The van der Waals surface area contributed by atoms with Crippen molar-refractivity contribution in [3.63, 3.8) is 0 Å². The molecule has 190 valence electrons. The van der Waals surface area contributed by atoms with E-state index in [4.69, 9.17) is 9.47 Å². The minimum absolute atomic E-state index is 0.0102. The summed E-state index contributed by atoms with van der Waals surface area (Å²) in [6.07, 6.45) is 3.67. The number of aliphatic carboxylic acids is 1. The number of ether oxygens (including phenoxy) is 2. The number of aliphatic hydroxyl groups is 1. The van der Waals surface area contributed by atoms with Crippen LogP contribution in [0, 0.1) is 11.8 Å². The quantitative estimate of drug-likeness (QED) is 0.313. The first-order valence-electron chi connectivity index (χ1n) is 12.3. The van der Waals surface area contributed by atoms with Crippen LogP contribution in [0.25, 0.3) is 0 Å². The van der Waals surface area contributed by atoms with Crippen LogP contribution in [0.1, 0.15) is 32.6 Å². The molecule has 0 aliphatic carbocycles. The Balaban J connectivity index is 1.62. The van der Waals surface area contributed by atoms with Crippen LogP contribution in [-0.4, -0.2) is 119 Å². The molecule has 4 aliphatic heterocycles. The van der Waals surface area contributed by atoms with Gasteiger partial charge in [-0.3, -0.25) is 19.3 Å². The number of rotatable bonds is 11. The Kier molecular flexibility index (Phi) is 7.33. The van der Waals surface area contributed by atoms with Crippen LogP contribution in [0.15, 0.2) is 12.7 Å². The van der Waals surface area contributed by atoms with Crippen LogP contribution >= 0.6 is 0 Å². The molecule has 2 N–H and O–H groups in total. The number of unbranched alkanes of at least 4 members (excludes halogenated alkanes) is 1. The fourth-order valence-electron chi connectivity index (χ4n) is 6.42. The summed E-state index contributed by atoms with van der Waals surface area (Å²) in [6.45, 7) is 10.3. The Hall–Kier alpha value is -2.01. The van der Waals surface area contributed by atoms with Gasteiger partial charge in [0.15, 0.2) is 0 Å². The predicted molar refractivity (Wildman–Crippen MR) is 122 cm³/mol. The maximum Gasteiger partial charge on any atom is 0.310 e. The van der Waals surface area contributed by atoms with Crippen molar-refractivity contribution in [1.82, 2.24) is 14.7 Å². The SMILES string of the molecule is C=CCN(CCN1CCOCC1)C(=O)C1N(CCCCO)C(=O)[C@@H]2[C@H](C(=O)O)[C@]3(C)CCC12O3. The molecule has 2 amide bonds. The van der Waals surface area contributed by atoms with Crippen molar-refractivity contribution in [3.05, 3.63) is 12.7 Å². The summed E-state index contributed by atoms with van der Waals surface area (Å²) >= 11 is 0. The lowest BCUT2D eigenvalue weighted by molar-refractivity contribution is -0.156. The third-order valence-corrected chi connectivity index (χ3v) is 8.03. The van der Waals surface area contributed by atoms with Gasteiger partial charge in [0, 0.05) is 45.9 Å². The third-order valence-electron chi connectivity index (χ3n) is 8.03. The number of carboxylic acid groups (broad SMARTS) is 1. The second kappa shape index (κ2) is 9.93. The summed E-state index contributed by atoms with van der Waals surface area (Å²) < 4.78 is 11.8. The molecule has 0 aromatic heterocycles. The number of carbonyl (C=O) groups excluding carboxylic acids is 2. The van der Waals surface area contributed by atoms with Gasteiger partial charge >= 0.3 is 5.97 Å². The number of hydrogen-bond acceptors (Lipinski definition) is 7. The van der Waals surface area contributed by atoms with Crippen molar-refractivity contribution in [2.75, 3.05) is 59.1 Å². The third kappa shape index (κ3) is 4.14. The number of aliphatic hydroxyl groups excluding tert-OH is 1. The largest absolute Gasteiger partial charge is 0.481 e. The molecular formula is C24H37N3O7. The normalized spacial score (nSPS) is 34.9. The molecule has 2 bridgehead atoms. The van der Waals surface area contributed by atoms with E-state index in [1.165, 1.54) is 4.90 Å². The van der Waals surface area contributed by atoms with Crippen molar-refractivity contribution in [1.29, 1.82) is 0 Å². The van der Waals surface area contributed by atoms with Gasteiger partial charge in [-0.2, -0.15) is 0 Å². The number of likely N-dealkylation sites (tertiary alicyclic amines) is 1. The van der Waals surface area contributed by atoms with Crippen molar-refractivity contribution in [2.45, 2.75) is 49.9 Å². The van der Waals surface area contributed by atoms with Gasteiger partial charge in [-0.15, -0.1) is 6.58 Å². The molecule has 5 atom stereocenters. The zero-order valence-corrected chi connectivity index (χ0v) is 20.0. The minimum atomic E-state index is -1.14. The molecule has 0 aromatic carbocycles. The Morgan fingerprint density at radius 3 is 2.62 bits per heavy atom. The van der Waals surface area contributed by atoms with Gasteiger partial charge in [-0.05, 0) is 32.6 Å². The van der Waals surface area contributed by atoms with Gasteiger partial charge in [0.2, 0.25) is 11.8 Å². The predicted octanol–water partition coefficient (Wildman–Crippen LogP) is -0.0450. The highest BCUT2D eigenvalue weighted by Gasteiger charge is 2.78. The molecule has 0 radical (unpaired) electrons. The second-order valence-corrected chi connectivity index (χ2v) is 10.1. The molecule has 34 heavy (non-hydrogen) atoms.